The van der Waals surface area contributed by atoms with Gasteiger partial charge in [0, 0.05) is 6.54 Å². The number of nitrogen functional groups attached to an aromatic ring is 1. The van der Waals surface area contributed by atoms with Crippen LogP contribution in [-0.2, 0) is 0 Å². The van der Waals surface area contributed by atoms with Crippen LogP contribution >= 0.6 is 11.8 Å². The van der Waals surface area contributed by atoms with E-state index in [0.717, 1.165) is 24.4 Å². The Labute approximate surface area is 114 Å². The minimum Gasteiger partial charge on any atom is -0.489 e. The molecule has 0 aliphatic rings. The minimum atomic E-state index is 0.143. The summed E-state index contributed by atoms with van der Waals surface area (Å²) in [6.07, 6.45) is 4.67. The number of unbranched alkanes of at least 4 members (excludes halogenated alkanes) is 1. The summed E-state index contributed by atoms with van der Waals surface area (Å²) in [5.41, 5.74) is 7.76. The van der Waals surface area contributed by atoms with Crippen LogP contribution < -0.4 is 15.8 Å². The van der Waals surface area contributed by atoms with Gasteiger partial charge in [-0.3, -0.25) is 0 Å². The minimum absolute atomic E-state index is 0.143. The average Bonchev–Trinajstić information content (AvgIpc) is 2.33. The summed E-state index contributed by atoms with van der Waals surface area (Å²) < 4.78 is 5.66. The molecule has 102 valence electrons. The number of benzene rings is 1. The number of thioether (sulfide) groups is 1. The first-order valence-electron chi connectivity index (χ1n) is 6.43. The largest absolute Gasteiger partial charge is 0.489 e. The fourth-order valence-corrected chi connectivity index (χ4v) is 2.14. The molecule has 1 rings (SSSR count). The number of hydrogen-bond acceptors (Lipinski definition) is 4. The third-order valence-corrected chi connectivity index (χ3v) is 3.22. The lowest BCUT2D eigenvalue weighted by atomic mass is 10.2. The van der Waals surface area contributed by atoms with Gasteiger partial charge in [0.25, 0.3) is 0 Å². The Morgan fingerprint density at radius 2 is 2.11 bits per heavy atom. The van der Waals surface area contributed by atoms with Crippen molar-refractivity contribution in [2.75, 3.05) is 29.6 Å². The molecule has 0 atom stereocenters. The number of anilines is 2. The Morgan fingerprint density at radius 3 is 2.78 bits per heavy atom. The first-order valence-corrected chi connectivity index (χ1v) is 7.82. The first-order chi connectivity index (χ1) is 8.65. The van der Waals surface area contributed by atoms with Gasteiger partial charge in [-0.05, 0) is 50.8 Å². The molecule has 0 saturated carbocycles. The predicted molar refractivity (Wildman–Crippen MR) is 82.7 cm³/mol. The van der Waals surface area contributed by atoms with Crippen molar-refractivity contribution in [1.82, 2.24) is 0 Å². The summed E-state index contributed by atoms with van der Waals surface area (Å²) in [6, 6.07) is 5.88. The Hall–Kier alpha value is -1.03. The van der Waals surface area contributed by atoms with E-state index in [1.165, 1.54) is 12.2 Å². The molecule has 18 heavy (non-hydrogen) atoms. The maximum atomic E-state index is 6.08. The van der Waals surface area contributed by atoms with E-state index in [4.69, 9.17) is 10.5 Å². The van der Waals surface area contributed by atoms with Crippen molar-refractivity contribution in [1.29, 1.82) is 0 Å². The Kier molecular flexibility index (Phi) is 6.80. The lowest BCUT2D eigenvalue weighted by Gasteiger charge is -2.15. The number of ether oxygens (including phenoxy) is 1. The summed E-state index contributed by atoms with van der Waals surface area (Å²) in [5, 5.41) is 3.37. The molecule has 0 saturated heterocycles. The van der Waals surface area contributed by atoms with Crippen molar-refractivity contribution >= 4 is 23.1 Å². The van der Waals surface area contributed by atoms with Crippen molar-refractivity contribution in [2.45, 2.75) is 32.8 Å². The van der Waals surface area contributed by atoms with Crippen molar-refractivity contribution < 1.29 is 4.74 Å². The second-order valence-corrected chi connectivity index (χ2v) is 5.50. The fraction of sp³-hybridized carbons (Fsp3) is 0.571. The third-order valence-electron chi connectivity index (χ3n) is 2.52. The van der Waals surface area contributed by atoms with Crippen LogP contribution in [0.25, 0.3) is 0 Å². The number of para-hydroxylation sites is 1. The van der Waals surface area contributed by atoms with E-state index in [-0.39, 0.29) is 6.10 Å². The number of rotatable bonds is 8. The molecule has 1 aromatic carbocycles. The molecule has 0 bridgehead atoms. The molecule has 0 amide bonds. The standard InChI is InChI=1S/C14H24N2OS/c1-11(2)17-13-8-6-7-12(14(13)15)16-9-4-5-10-18-3/h6-8,11,16H,4-5,9-10,15H2,1-3H3. The molecule has 0 fully saturated rings. The van der Waals surface area contributed by atoms with Gasteiger partial charge in [0.05, 0.1) is 17.5 Å². The molecule has 3 nitrogen and oxygen atoms in total. The molecular weight excluding hydrogens is 244 g/mol. The van der Waals surface area contributed by atoms with Crippen LogP contribution in [0, 0.1) is 0 Å². The van der Waals surface area contributed by atoms with Crippen molar-refractivity contribution in [2.24, 2.45) is 0 Å². The van der Waals surface area contributed by atoms with Crippen LogP contribution in [0.3, 0.4) is 0 Å². The van der Waals surface area contributed by atoms with Crippen LogP contribution in [0.5, 0.6) is 5.75 Å². The van der Waals surface area contributed by atoms with Gasteiger partial charge in [0.1, 0.15) is 5.75 Å². The zero-order valence-corrected chi connectivity index (χ0v) is 12.3. The van der Waals surface area contributed by atoms with Gasteiger partial charge < -0.3 is 15.8 Å². The SMILES string of the molecule is CSCCCCNc1cccc(OC(C)C)c1N. The summed E-state index contributed by atoms with van der Waals surface area (Å²) in [5.74, 6) is 1.98. The van der Waals surface area contributed by atoms with Gasteiger partial charge in [0.2, 0.25) is 0 Å². The predicted octanol–water partition coefficient (Wildman–Crippen LogP) is 3.61. The Bertz CT molecular complexity index is 356. The summed E-state index contributed by atoms with van der Waals surface area (Å²) in [6.45, 7) is 4.96. The Balaban J connectivity index is 2.50. The highest BCUT2D eigenvalue weighted by Gasteiger charge is 2.06. The summed E-state index contributed by atoms with van der Waals surface area (Å²) >= 11 is 1.89. The van der Waals surface area contributed by atoms with E-state index in [2.05, 4.69) is 11.6 Å². The van der Waals surface area contributed by atoms with Gasteiger partial charge in [-0.2, -0.15) is 11.8 Å². The number of nitrogens with one attached hydrogen (secondary N) is 1. The van der Waals surface area contributed by atoms with Crippen LogP contribution in [0.15, 0.2) is 18.2 Å². The van der Waals surface area contributed by atoms with E-state index in [1.807, 2.05) is 43.8 Å². The molecule has 4 heteroatoms. The lowest BCUT2D eigenvalue weighted by molar-refractivity contribution is 0.244. The second-order valence-electron chi connectivity index (χ2n) is 4.51. The molecule has 0 spiro atoms. The topological polar surface area (TPSA) is 47.3 Å². The van der Waals surface area contributed by atoms with E-state index in [1.54, 1.807) is 0 Å². The maximum absolute atomic E-state index is 6.08. The molecule has 1 aromatic rings. The van der Waals surface area contributed by atoms with Gasteiger partial charge in [-0.15, -0.1) is 0 Å². The molecule has 0 aromatic heterocycles. The average molecular weight is 268 g/mol. The fourth-order valence-electron chi connectivity index (χ4n) is 1.65. The molecule has 3 N–H and O–H groups in total. The van der Waals surface area contributed by atoms with E-state index in [9.17, 15) is 0 Å². The first kappa shape index (κ1) is 15.0. The van der Waals surface area contributed by atoms with Crippen LogP contribution in [0.2, 0.25) is 0 Å². The van der Waals surface area contributed by atoms with Crippen LogP contribution in [0.1, 0.15) is 26.7 Å². The van der Waals surface area contributed by atoms with Crippen molar-refractivity contribution in [3.63, 3.8) is 0 Å². The van der Waals surface area contributed by atoms with Crippen LogP contribution in [-0.4, -0.2) is 24.7 Å². The van der Waals surface area contributed by atoms with Crippen LogP contribution in [0.4, 0.5) is 11.4 Å². The monoisotopic (exact) mass is 268 g/mol. The molecule has 0 heterocycles. The zero-order chi connectivity index (χ0) is 13.4. The lowest BCUT2D eigenvalue weighted by Crippen LogP contribution is -2.10. The third kappa shape index (κ3) is 5.08. The highest BCUT2D eigenvalue weighted by atomic mass is 32.2. The summed E-state index contributed by atoms with van der Waals surface area (Å²) in [4.78, 5) is 0. The van der Waals surface area contributed by atoms with Gasteiger partial charge >= 0.3 is 0 Å². The Morgan fingerprint density at radius 1 is 1.33 bits per heavy atom. The smallest absolute Gasteiger partial charge is 0.144 e. The van der Waals surface area contributed by atoms with E-state index < -0.39 is 0 Å². The van der Waals surface area contributed by atoms with Crippen molar-refractivity contribution in [3.8, 4) is 5.75 Å². The molecule has 0 aliphatic carbocycles. The second kappa shape index (κ2) is 8.14. The highest BCUT2D eigenvalue weighted by Crippen LogP contribution is 2.30. The van der Waals surface area contributed by atoms with E-state index in [0.29, 0.717) is 5.69 Å². The molecule has 0 unspecified atom stereocenters. The van der Waals surface area contributed by atoms with Gasteiger partial charge in [-0.25, -0.2) is 0 Å². The van der Waals surface area contributed by atoms with Gasteiger partial charge in [-0.1, -0.05) is 6.07 Å². The van der Waals surface area contributed by atoms with Gasteiger partial charge in [0.15, 0.2) is 0 Å². The number of hydrogen-bond donors (Lipinski definition) is 2. The molecular formula is C14H24N2OS. The van der Waals surface area contributed by atoms with E-state index >= 15 is 0 Å². The summed E-state index contributed by atoms with van der Waals surface area (Å²) in [7, 11) is 0. The quantitative estimate of drug-likeness (QED) is 0.558. The zero-order valence-electron chi connectivity index (χ0n) is 11.5. The number of nitrogens with two attached hydrogens (primary N) is 1. The van der Waals surface area contributed by atoms with Crippen molar-refractivity contribution in [3.05, 3.63) is 18.2 Å². The highest BCUT2D eigenvalue weighted by molar-refractivity contribution is 7.98. The molecule has 0 radical (unpaired) electrons. The normalized spacial score (nSPS) is 10.7. The maximum Gasteiger partial charge on any atom is 0.144 e. The molecule has 0 aliphatic heterocycles.